The Morgan fingerprint density at radius 2 is 1.59 bits per heavy atom. The summed E-state index contributed by atoms with van der Waals surface area (Å²) in [6.45, 7) is 1.38. The molecule has 2 aromatic rings. The van der Waals surface area contributed by atoms with Crippen LogP contribution >= 0.6 is 15.9 Å². The molecule has 0 fully saturated rings. The summed E-state index contributed by atoms with van der Waals surface area (Å²) in [5, 5.41) is 0. The summed E-state index contributed by atoms with van der Waals surface area (Å²) < 4.78 is 32.3. The topological polar surface area (TPSA) is 87.4 Å². The van der Waals surface area contributed by atoms with Crippen molar-refractivity contribution in [2.75, 3.05) is 0 Å². The Morgan fingerprint density at radius 3 is 2.14 bits per heavy atom. The molecule has 22 heavy (non-hydrogen) atoms. The van der Waals surface area contributed by atoms with E-state index >= 15 is 0 Å². The lowest BCUT2D eigenvalue weighted by Crippen LogP contribution is -2.41. The Kier molecular flexibility index (Phi) is 4.30. The van der Waals surface area contributed by atoms with Crippen molar-refractivity contribution in [3.05, 3.63) is 55.3 Å². The van der Waals surface area contributed by atoms with Crippen molar-refractivity contribution in [1.82, 2.24) is 9.13 Å². The van der Waals surface area contributed by atoms with Gasteiger partial charge in [0.25, 0.3) is 5.56 Å². The van der Waals surface area contributed by atoms with E-state index in [2.05, 4.69) is 15.9 Å². The molecule has 2 rings (SSSR count). The highest BCUT2D eigenvalue weighted by atomic mass is 79.9. The molecule has 1 aromatic heterocycles. The molecule has 0 bridgehead atoms. The molecule has 0 saturated carbocycles. The van der Waals surface area contributed by atoms with Gasteiger partial charge in [-0.2, -0.15) is 8.42 Å². The Bertz CT molecular complexity index is 942. The maximum atomic E-state index is 12.4. The van der Waals surface area contributed by atoms with Crippen LogP contribution in [0, 0.1) is 6.92 Å². The van der Waals surface area contributed by atoms with E-state index in [1.54, 1.807) is 12.1 Å². The number of benzene rings is 1. The van der Waals surface area contributed by atoms with Gasteiger partial charge in [0, 0.05) is 24.3 Å². The van der Waals surface area contributed by atoms with Gasteiger partial charge in [-0.25, -0.2) is 4.79 Å². The maximum absolute atomic E-state index is 12.4. The summed E-state index contributed by atoms with van der Waals surface area (Å²) in [5.41, 5.74) is -1.51. The van der Waals surface area contributed by atoms with E-state index in [9.17, 15) is 18.0 Å². The van der Waals surface area contributed by atoms with Gasteiger partial charge in [0.15, 0.2) is 4.90 Å². The SMILES string of the molecule is Cc1c(S(=O)(=O)Oc2ccc(Br)cc2)c(=O)n(C)c(=O)n1C. The van der Waals surface area contributed by atoms with E-state index < -0.39 is 26.3 Å². The molecule has 0 aliphatic rings. The van der Waals surface area contributed by atoms with Crippen LogP contribution in [0.4, 0.5) is 0 Å². The monoisotopic (exact) mass is 388 g/mol. The molecule has 0 aliphatic heterocycles. The number of nitrogens with zero attached hydrogens (tertiary/aromatic N) is 2. The first-order chi connectivity index (χ1) is 10.1. The highest BCUT2D eigenvalue weighted by Gasteiger charge is 2.27. The summed E-state index contributed by atoms with van der Waals surface area (Å²) in [6.07, 6.45) is 0. The summed E-state index contributed by atoms with van der Waals surface area (Å²) in [7, 11) is -1.76. The molecule has 0 radical (unpaired) electrons. The average Bonchev–Trinajstić information content (AvgIpc) is 2.45. The lowest BCUT2D eigenvalue weighted by Gasteiger charge is -2.12. The predicted molar refractivity (Wildman–Crippen MR) is 83.6 cm³/mol. The fourth-order valence-electron chi connectivity index (χ4n) is 1.86. The van der Waals surface area contributed by atoms with Crippen LogP contribution < -0.4 is 15.4 Å². The molecular formula is C13H13BrN2O5S. The van der Waals surface area contributed by atoms with Gasteiger partial charge in [-0.05, 0) is 31.2 Å². The molecule has 0 saturated heterocycles. The van der Waals surface area contributed by atoms with Crippen LogP contribution in [0.1, 0.15) is 5.69 Å². The molecule has 7 nitrogen and oxygen atoms in total. The van der Waals surface area contributed by atoms with Gasteiger partial charge >= 0.3 is 15.8 Å². The highest BCUT2D eigenvalue weighted by molar-refractivity contribution is 9.10. The van der Waals surface area contributed by atoms with Crippen molar-refractivity contribution in [1.29, 1.82) is 0 Å². The molecule has 1 aromatic carbocycles. The summed E-state index contributed by atoms with van der Waals surface area (Å²) in [5.74, 6) is 0.0681. The van der Waals surface area contributed by atoms with Crippen LogP contribution in [0.5, 0.6) is 5.75 Å². The molecular weight excluding hydrogens is 376 g/mol. The second kappa shape index (κ2) is 5.73. The highest BCUT2D eigenvalue weighted by Crippen LogP contribution is 2.20. The molecule has 1 heterocycles. The van der Waals surface area contributed by atoms with Crippen LogP contribution in [0.15, 0.2) is 43.2 Å². The quantitative estimate of drug-likeness (QED) is 0.729. The lowest BCUT2D eigenvalue weighted by molar-refractivity contribution is 0.478. The Balaban J connectivity index is 2.62. The van der Waals surface area contributed by atoms with Gasteiger partial charge in [0.1, 0.15) is 5.75 Å². The smallest absolute Gasteiger partial charge is 0.346 e. The number of hydrogen-bond donors (Lipinski definition) is 0. The van der Waals surface area contributed by atoms with Gasteiger partial charge in [0.2, 0.25) is 0 Å². The minimum absolute atomic E-state index is 0.0187. The van der Waals surface area contributed by atoms with Crippen molar-refractivity contribution < 1.29 is 12.6 Å². The molecule has 118 valence electrons. The van der Waals surface area contributed by atoms with Crippen molar-refractivity contribution in [2.45, 2.75) is 11.8 Å². The second-order valence-corrected chi connectivity index (χ2v) is 7.01. The van der Waals surface area contributed by atoms with Gasteiger partial charge in [-0.15, -0.1) is 0 Å². The first kappa shape index (κ1) is 16.5. The minimum Gasteiger partial charge on any atom is -0.379 e. The van der Waals surface area contributed by atoms with Crippen LogP contribution in [0.2, 0.25) is 0 Å². The summed E-state index contributed by atoms with van der Waals surface area (Å²) >= 11 is 3.22. The number of aromatic nitrogens is 2. The third-order valence-corrected chi connectivity index (χ3v) is 5.08. The van der Waals surface area contributed by atoms with E-state index in [-0.39, 0.29) is 11.4 Å². The summed E-state index contributed by atoms with van der Waals surface area (Å²) in [4.78, 5) is 23.4. The zero-order chi connectivity index (χ0) is 16.7. The average molecular weight is 389 g/mol. The van der Waals surface area contributed by atoms with Crippen molar-refractivity contribution in [3.63, 3.8) is 0 Å². The zero-order valence-electron chi connectivity index (χ0n) is 12.0. The Labute approximate surface area is 135 Å². The fraction of sp³-hybridized carbons (Fsp3) is 0.231. The standard InChI is InChI=1S/C13H13BrN2O5S/c1-8-11(12(17)16(3)13(18)15(8)2)22(19,20)21-10-6-4-9(14)5-7-10/h4-7H,1-3H3. The van der Waals surface area contributed by atoms with Crippen LogP contribution in [-0.2, 0) is 24.2 Å². The van der Waals surface area contributed by atoms with Gasteiger partial charge in [0.05, 0.1) is 0 Å². The van der Waals surface area contributed by atoms with Gasteiger partial charge in [-0.1, -0.05) is 15.9 Å². The number of hydrogen-bond acceptors (Lipinski definition) is 5. The minimum atomic E-state index is -4.36. The van der Waals surface area contributed by atoms with Crippen LogP contribution in [-0.4, -0.2) is 17.6 Å². The van der Waals surface area contributed by atoms with Crippen LogP contribution in [0.3, 0.4) is 0 Å². The Morgan fingerprint density at radius 1 is 1.05 bits per heavy atom. The number of halogens is 1. The fourth-order valence-corrected chi connectivity index (χ4v) is 3.42. The van der Waals surface area contributed by atoms with Gasteiger partial charge < -0.3 is 4.18 Å². The molecule has 0 atom stereocenters. The maximum Gasteiger partial charge on any atom is 0.346 e. The molecule has 0 N–H and O–H groups in total. The van der Waals surface area contributed by atoms with Crippen molar-refractivity contribution in [2.24, 2.45) is 14.1 Å². The molecule has 9 heteroatoms. The number of rotatable bonds is 3. The third-order valence-electron chi connectivity index (χ3n) is 3.17. The predicted octanol–water partition coefficient (Wildman–Crippen LogP) is 0.923. The zero-order valence-corrected chi connectivity index (χ0v) is 14.4. The molecule has 0 aliphatic carbocycles. The van der Waals surface area contributed by atoms with E-state index in [0.717, 1.165) is 13.6 Å². The normalized spacial score (nSPS) is 11.5. The lowest BCUT2D eigenvalue weighted by atomic mass is 10.3. The molecule has 0 unspecified atom stereocenters. The first-order valence-corrected chi connectivity index (χ1v) is 8.32. The van der Waals surface area contributed by atoms with Crippen LogP contribution in [0.25, 0.3) is 0 Å². The largest absolute Gasteiger partial charge is 0.379 e. The van der Waals surface area contributed by atoms with E-state index in [1.807, 2.05) is 0 Å². The van der Waals surface area contributed by atoms with E-state index in [1.165, 1.54) is 33.2 Å². The first-order valence-electron chi connectivity index (χ1n) is 6.12. The summed E-state index contributed by atoms with van der Waals surface area (Å²) in [6, 6.07) is 6.11. The van der Waals surface area contributed by atoms with Crippen molar-refractivity contribution in [3.8, 4) is 5.75 Å². The third kappa shape index (κ3) is 2.86. The Hall–Kier alpha value is -1.87. The van der Waals surface area contributed by atoms with E-state index in [0.29, 0.717) is 0 Å². The molecule has 0 amide bonds. The van der Waals surface area contributed by atoms with Gasteiger partial charge in [-0.3, -0.25) is 13.9 Å². The second-order valence-electron chi connectivity index (χ2n) is 4.61. The van der Waals surface area contributed by atoms with Crippen molar-refractivity contribution >= 4 is 26.0 Å². The molecule has 0 spiro atoms. The van der Waals surface area contributed by atoms with E-state index in [4.69, 9.17) is 4.18 Å².